The number of rotatable bonds is 4. The summed E-state index contributed by atoms with van der Waals surface area (Å²) >= 11 is 0. The van der Waals surface area contributed by atoms with Crippen molar-refractivity contribution in [1.82, 2.24) is 9.97 Å². The van der Waals surface area contributed by atoms with Gasteiger partial charge in [0, 0.05) is 24.0 Å². The van der Waals surface area contributed by atoms with Crippen LogP contribution in [-0.4, -0.2) is 23.1 Å². The highest BCUT2D eigenvalue weighted by atomic mass is 16.5. The average molecular weight is 255 g/mol. The van der Waals surface area contributed by atoms with Crippen molar-refractivity contribution in [2.45, 2.75) is 19.3 Å². The SMILES string of the molecule is NCCOc1ccc(-c2ncc3c(n2)CCC3)cc1. The van der Waals surface area contributed by atoms with Crippen LogP contribution in [-0.2, 0) is 12.8 Å². The van der Waals surface area contributed by atoms with E-state index in [1.165, 1.54) is 17.7 Å². The van der Waals surface area contributed by atoms with Gasteiger partial charge in [-0.3, -0.25) is 0 Å². The Morgan fingerprint density at radius 1 is 1.16 bits per heavy atom. The van der Waals surface area contributed by atoms with Crippen molar-refractivity contribution in [3.05, 3.63) is 41.7 Å². The van der Waals surface area contributed by atoms with E-state index in [-0.39, 0.29) is 0 Å². The molecule has 98 valence electrons. The van der Waals surface area contributed by atoms with Crippen LogP contribution >= 0.6 is 0 Å². The molecule has 1 aliphatic carbocycles. The van der Waals surface area contributed by atoms with Crippen LogP contribution in [0.2, 0.25) is 0 Å². The first-order valence-corrected chi connectivity index (χ1v) is 6.65. The van der Waals surface area contributed by atoms with Gasteiger partial charge in [-0.2, -0.15) is 0 Å². The van der Waals surface area contributed by atoms with Gasteiger partial charge < -0.3 is 10.5 Å². The van der Waals surface area contributed by atoms with Crippen LogP contribution in [0.4, 0.5) is 0 Å². The summed E-state index contributed by atoms with van der Waals surface area (Å²) in [6.07, 6.45) is 5.34. The second-order valence-corrected chi connectivity index (χ2v) is 4.68. The summed E-state index contributed by atoms with van der Waals surface area (Å²) in [5.41, 5.74) is 8.93. The summed E-state index contributed by atoms with van der Waals surface area (Å²) in [5.74, 6) is 1.63. The maximum atomic E-state index is 5.45. The molecule has 0 saturated heterocycles. The zero-order chi connectivity index (χ0) is 13.1. The predicted molar refractivity (Wildman–Crippen MR) is 74.0 cm³/mol. The molecule has 1 heterocycles. The summed E-state index contributed by atoms with van der Waals surface area (Å²) in [4.78, 5) is 9.08. The number of hydrogen-bond acceptors (Lipinski definition) is 4. The van der Waals surface area contributed by atoms with Gasteiger partial charge in [-0.1, -0.05) is 0 Å². The first-order chi connectivity index (χ1) is 9.36. The Hall–Kier alpha value is -1.94. The number of aryl methyl sites for hydroxylation is 2. The van der Waals surface area contributed by atoms with Gasteiger partial charge in [-0.15, -0.1) is 0 Å². The Kier molecular flexibility index (Phi) is 3.42. The van der Waals surface area contributed by atoms with Crippen molar-refractivity contribution < 1.29 is 4.74 Å². The van der Waals surface area contributed by atoms with Crippen molar-refractivity contribution in [1.29, 1.82) is 0 Å². The van der Waals surface area contributed by atoms with Crippen LogP contribution in [0.5, 0.6) is 5.75 Å². The Bertz CT molecular complexity index is 566. The van der Waals surface area contributed by atoms with Gasteiger partial charge in [-0.05, 0) is 49.1 Å². The first kappa shape index (κ1) is 12.1. The minimum atomic E-state index is 0.523. The number of nitrogens with two attached hydrogens (primary N) is 1. The Labute approximate surface area is 112 Å². The molecular formula is C15H17N3O. The summed E-state index contributed by atoms with van der Waals surface area (Å²) in [5, 5.41) is 0. The maximum absolute atomic E-state index is 5.45. The molecule has 4 nitrogen and oxygen atoms in total. The van der Waals surface area contributed by atoms with Crippen LogP contribution in [0.3, 0.4) is 0 Å². The van der Waals surface area contributed by atoms with E-state index in [1.807, 2.05) is 30.5 Å². The minimum absolute atomic E-state index is 0.523. The van der Waals surface area contributed by atoms with Gasteiger partial charge in [0.05, 0.1) is 0 Å². The minimum Gasteiger partial charge on any atom is -0.492 e. The zero-order valence-electron chi connectivity index (χ0n) is 10.8. The molecule has 4 heteroatoms. The number of nitrogens with zero attached hydrogens (tertiary/aromatic N) is 2. The largest absolute Gasteiger partial charge is 0.492 e. The van der Waals surface area contributed by atoms with Crippen molar-refractivity contribution >= 4 is 0 Å². The van der Waals surface area contributed by atoms with Gasteiger partial charge in [0.2, 0.25) is 0 Å². The third-order valence-corrected chi connectivity index (χ3v) is 3.31. The van der Waals surface area contributed by atoms with Crippen LogP contribution < -0.4 is 10.5 Å². The van der Waals surface area contributed by atoms with E-state index < -0.39 is 0 Å². The molecule has 2 N–H and O–H groups in total. The normalized spacial score (nSPS) is 13.3. The number of aromatic nitrogens is 2. The lowest BCUT2D eigenvalue weighted by Crippen LogP contribution is -2.10. The molecule has 1 aliphatic rings. The molecular weight excluding hydrogens is 238 g/mol. The third kappa shape index (κ3) is 2.58. The summed E-state index contributed by atoms with van der Waals surface area (Å²) < 4.78 is 5.45. The molecule has 0 fully saturated rings. The van der Waals surface area contributed by atoms with Crippen LogP contribution in [0, 0.1) is 0 Å². The van der Waals surface area contributed by atoms with E-state index in [1.54, 1.807) is 0 Å². The Morgan fingerprint density at radius 2 is 2.00 bits per heavy atom. The van der Waals surface area contributed by atoms with Crippen LogP contribution in [0.1, 0.15) is 17.7 Å². The second kappa shape index (κ2) is 5.36. The molecule has 0 atom stereocenters. The third-order valence-electron chi connectivity index (χ3n) is 3.31. The van der Waals surface area contributed by atoms with Gasteiger partial charge in [0.25, 0.3) is 0 Å². The van der Waals surface area contributed by atoms with E-state index in [0.717, 1.165) is 30.0 Å². The number of ether oxygens (including phenoxy) is 1. The number of benzene rings is 1. The van der Waals surface area contributed by atoms with Crippen LogP contribution in [0.15, 0.2) is 30.5 Å². The van der Waals surface area contributed by atoms with Gasteiger partial charge in [0.1, 0.15) is 12.4 Å². The molecule has 1 aromatic heterocycles. The average Bonchev–Trinajstić information content (AvgIpc) is 2.93. The molecule has 2 aromatic rings. The van der Waals surface area contributed by atoms with Gasteiger partial charge in [-0.25, -0.2) is 9.97 Å². The van der Waals surface area contributed by atoms with Crippen molar-refractivity contribution in [2.24, 2.45) is 5.73 Å². The number of fused-ring (bicyclic) bond motifs is 1. The molecule has 19 heavy (non-hydrogen) atoms. The molecule has 3 rings (SSSR count). The van der Waals surface area contributed by atoms with Gasteiger partial charge >= 0.3 is 0 Å². The van der Waals surface area contributed by atoms with E-state index in [4.69, 9.17) is 10.5 Å². The summed E-state index contributed by atoms with van der Waals surface area (Å²) in [6.45, 7) is 1.06. The fourth-order valence-electron chi connectivity index (χ4n) is 2.33. The summed E-state index contributed by atoms with van der Waals surface area (Å²) in [6, 6.07) is 7.84. The second-order valence-electron chi connectivity index (χ2n) is 4.68. The molecule has 0 aliphatic heterocycles. The molecule has 0 amide bonds. The smallest absolute Gasteiger partial charge is 0.159 e. The summed E-state index contributed by atoms with van der Waals surface area (Å²) in [7, 11) is 0. The predicted octanol–water partition coefficient (Wildman–Crippen LogP) is 1.97. The Balaban J connectivity index is 1.82. The lowest BCUT2D eigenvalue weighted by molar-refractivity contribution is 0.328. The highest BCUT2D eigenvalue weighted by Gasteiger charge is 2.14. The standard InChI is InChI=1S/C15H17N3O/c16-8-9-19-13-6-4-11(5-7-13)15-17-10-12-2-1-3-14(12)18-15/h4-7,10H,1-3,8-9,16H2. The van der Waals surface area contributed by atoms with Crippen molar-refractivity contribution in [2.75, 3.05) is 13.2 Å². The van der Waals surface area contributed by atoms with E-state index >= 15 is 0 Å². The van der Waals surface area contributed by atoms with Gasteiger partial charge in [0.15, 0.2) is 5.82 Å². The topological polar surface area (TPSA) is 61.0 Å². The lowest BCUT2D eigenvalue weighted by atomic mass is 10.2. The fourth-order valence-corrected chi connectivity index (χ4v) is 2.33. The fraction of sp³-hybridized carbons (Fsp3) is 0.333. The molecule has 0 unspecified atom stereocenters. The number of hydrogen-bond donors (Lipinski definition) is 1. The highest BCUT2D eigenvalue weighted by molar-refractivity contribution is 5.56. The molecule has 0 radical (unpaired) electrons. The van der Waals surface area contributed by atoms with E-state index in [9.17, 15) is 0 Å². The zero-order valence-corrected chi connectivity index (χ0v) is 10.8. The van der Waals surface area contributed by atoms with Crippen molar-refractivity contribution in [3.63, 3.8) is 0 Å². The quantitative estimate of drug-likeness (QED) is 0.907. The van der Waals surface area contributed by atoms with E-state index in [2.05, 4.69) is 9.97 Å². The molecule has 0 saturated carbocycles. The Morgan fingerprint density at radius 3 is 2.79 bits per heavy atom. The first-order valence-electron chi connectivity index (χ1n) is 6.65. The van der Waals surface area contributed by atoms with Crippen molar-refractivity contribution in [3.8, 4) is 17.1 Å². The van der Waals surface area contributed by atoms with Crippen LogP contribution in [0.25, 0.3) is 11.4 Å². The molecule has 0 spiro atoms. The van der Waals surface area contributed by atoms with E-state index in [0.29, 0.717) is 13.2 Å². The highest BCUT2D eigenvalue weighted by Crippen LogP contribution is 2.24. The molecule has 0 bridgehead atoms. The molecule has 1 aromatic carbocycles. The monoisotopic (exact) mass is 255 g/mol. The maximum Gasteiger partial charge on any atom is 0.159 e. The lowest BCUT2D eigenvalue weighted by Gasteiger charge is -2.06.